The zero-order valence-electron chi connectivity index (χ0n) is 16.6. The molecule has 2 rings (SSSR count). The number of benzene rings is 2. The largest absolute Gasteiger partial charge is 0.481 e. The van der Waals surface area contributed by atoms with Crippen molar-refractivity contribution >= 4 is 5.91 Å². The summed E-state index contributed by atoms with van der Waals surface area (Å²) in [6, 6.07) is 14.6. The first-order valence-corrected chi connectivity index (χ1v) is 9.47. The molecular weight excluding hydrogens is 322 g/mol. The highest BCUT2D eigenvalue weighted by atomic mass is 16.5. The van der Waals surface area contributed by atoms with Gasteiger partial charge in [-0.05, 0) is 73.9 Å². The van der Waals surface area contributed by atoms with E-state index in [1.54, 1.807) is 6.92 Å². The molecule has 0 fully saturated rings. The summed E-state index contributed by atoms with van der Waals surface area (Å²) in [4.78, 5) is 12.2. The van der Waals surface area contributed by atoms with Crippen molar-refractivity contribution in [3.63, 3.8) is 0 Å². The number of hydrogen-bond donors (Lipinski definition) is 1. The molecule has 0 saturated heterocycles. The quantitative estimate of drug-likeness (QED) is 0.682. The number of nitrogens with one attached hydrogen (secondary N) is 1. The van der Waals surface area contributed by atoms with Gasteiger partial charge in [0.25, 0.3) is 5.91 Å². The third kappa shape index (κ3) is 5.91. The third-order valence-corrected chi connectivity index (χ3v) is 4.75. The summed E-state index contributed by atoms with van der Waals surface area (Å²) in [5.41, 5.74) is 5.05. The van der Waals surface area contributed by atoms with E-state index in [1.165, 1.54) is 22.3 Å². The second-order valence-corrected chi connectivity index (χ2v) is 7.30. The SMILES string of the molecule is Cc1ccc(OC(C)C(=O)NCCCc2ccc(C(C)C)cc2)cc1C. The van der Waals surface area contributed by atoms with Crippen molar-refractivity contribution in [1.82, 2.24) is 5.32 Å². The highest BCUT2D eigenvalue weighted by Gasteiger charge is 2.14. The smallest absolute Gasteiger partial charge is 0.260 e. The Morgan fingerprint density at radius 2 is 1.69 bits per heavy atom. The van der Waals surface area contributed by atoms with Crippen LogP contribution in [0.5, 0.6) is 5.75 Å². The molecule has 1 N–H and O–H groups in total. The fourth-order valence-electron chi connectivity index (χ4n) is 2.76. The minimum Gasteiger partial charge on any atom is -0.481 e. The van der Waals surface area contributed by atoms with Crippen LogP contribution >= 0.6 is 0 Å². The van der Waals surface area contributed by atoms with Crippen molar-refractivity contribution in [3.8, 4) is 5.75 Å². The molecule has 0 aromatic heterocycles. The Morgan fingerprint density at radius 1 is 1.00 bits per heavy atom. The predicted molar refractivity (Wildman–Crippen MR) is 108 cm³/mol. The Kier molecular flexibility index (Phi) is 7.26. The average molecular weight is 354 g/mol. The molecule has 2 aromatic rings. The maximum absolute atomic E-state index is 12.2. The van der Waals surface area contributed by atoms with Crippen LogP contribution in [0.3, 0.4) is 0 Å². The van der Waals surface area contributed by atoms with Crippen LogP contribution in [0.4, 0.5) is 0 Å². The Labute approximate surface area is 157 Å². The zero-order valence-corrected chi connectivity index (χ0v) is 16.6. The van der Waals surface area contributed by atoms with Gasteiger partial charge in [-0.1, -0.05) is 44.2 Å². The van der Waals surface area contributed by atoms with Crippen LogP contribution in [0, 0.1) is 13.8 Å². The van der Waals surface area contributed by atoms with Crippen LogP contribution < -0.4 is 10.1 Å². The monoisotopic (exact) mass is 353 g/mol. The topological polar surface area (TPSA) is 38.3 Å². The fourth-order valence-corrected chi connectivity index (χ4v) is 2.76. The van der Waals surface area contributed by atoms with Gasteiger partial charge in [-0.3, -0.25) is 4.79 Å². The van der Waals surface area contributed by atoms with Gasteiger partial charge >= 0.3 is 0 Å². The molecule has 26 heavy (non-hydrogen) atoms. The molecule has 2 aromatic carbocycles. The van der Waals surface area contributed by atoms with Gasteiger partial charge in [-0.25, -0.2) is 0 Å². The third-order valence-electron chi connectivity index (χ3n) is 4.75. The Bertz CT molecular complexity index is 719. The van der Waals surface area contributed by atoms with Gasteiger partial charge in [0.05, 0.1) is 0 Å². The van der Waals surface area contributed by atoms with Gasteiger partial charge < -0.3 is 10.1 Å². The summed E-state index contributed by atoms with van der Waals surface area (Å²) in [6.45, 7) is 10.9. The van der Waals surface area contributed by atoms with Crippen molar-refractivity contribution in [1.29, 1.82) is 0 Å². The number of aryl methyl sites for hydroxylation is 3. The van der Waals surface area contributed by atoms with Gasteiger partial charge in [0.1, 0.15) is 5.75 Å². The highest BCUT2D eigenvalue weighted by Crippen LogP contribution is 2.18. The molecule has 1 atom stereocenters. The molecule has 140 valence electrons. The van der Waals surface area contributed by atoms with E-state index in [-0.39, 0.29) is 5.91 Å². The first-order valence-electron chi connectivity index (χ1n) is 9.47. The second-order valence-electron chi connectivity index (χ2n) is 7.30. The van der Waals surface area contributed by atoms with Crippen molar-refractivity contribution in [2.75, 3.05) is 6.54 Å². The molecule has 0 saturated carbocycles. The van der Waals surface area contributed by atoms with Crippen molar-refractivity contribution in [2.45, 2.75) is 59.5 Å². The van der Waals surface area contributed by atoms with E-state index in [9.17, 15) is 4.79 Å². The molecule has 0 spiro atoms. The zero-order chi connectivity index (χ0) is 19.1. The number of carbonyl (C=O) groups excluding carboxylic acids is 1. The summed E-state index contributed by atoms with van der Waals surface area (Å²) in [7, 11) is 0. The molecule has 1 unspecified atom stereocenters. The minimum atomic E-state index is -0.498. The van der Waals surface area contributed by atoms with Crippen LogP contribution in [-0.2, 0) is 11.2 Å². The van der Waals surface area contributed by atoms with Crippen LogP contribution in [-0.4, -0.2) is 18.6 Å². The van der Waals surface area contributed by atoms with Crippen molar-refractivity contribution in [3.05, 3.63) is 64.7 Å². The lowest BCUT2D eigenvalue weighted by Gasteiger charge is -2.15. The lowest BCUT2D eigenvalue weighted by Crippen LogP contribution is -2.36. The van der Waals surface area contributed by atoms with E-state index < -0.39 is 6.10 Å². The normalized spacial score (nSPS) is 12.1. The first-order chi connectivity index (χ1) is 12.4. The van der Waals surface area contributed by atoms with Gasteiger partial charge in [0.2, 0.25) is 0 Å². The maximum atomic E-state index is 12.2. The van der Waals surface area contributed by atoms with Gasteiger partial charge in [-0.2, -0.15) is 0 Å². The summed E-state index contributed by atoms with van der Waals surface area (Å²) >= 11 is 0. The fraction of sp³-hybridized carbons (Fsp3) is 0.435. The molecular formula is C23H31NO2. The van der Waals surface area contributed by atoms with Crippen LogP contribution in [0.15, 0.2) is 42.5 Å². The molecule has 3 nitrogen and oxygen atoms in total. The summed E-state index contributed by atoms with van der Waals surface area (Å²) < 4.78 is 5.75. The highest BCUT2D eigenvalue weighted by molar-refractivity contribution is 5.80. The molecule has 0 aliphatic carbocycles. The molecule has 0 aliphatic heterocycles. The van der Waals surface area contributed by atoms with E-state index in [1.807, 2.05) is 25.1 Å². The number of carbonyl (C=O) groups is 1. The minimum absolute atomic E-state index is 0.0709. The Balaban J connectivity index is 1.72. The lowest BCUT2D eigenvalue weighted by molar-refractivity contribution is -0.127. The average Bonchev–Trinajstić information content (AvgIpc) is 2.62. The number of rotatable bonds is 8. The summed E-state index contributed by atoms with van der Waals surface area (Å²) in [6.07, 6.45) is 1.39. The van der Waals surface area contributed by atoms with Crippen LogP contribution in [0.1, 0.15) is 55.4 Å². The van der Waals surface area contributed by atoms with Gasteiger partial charge in [0, 0.05) is 6.54 Å². The second kappa shape index (κ2) is 9.42. The number of ether oxygens (including phenoxy) is 1. The molecule has 3 heteroatoms. The van der Waals surface area contributed by atoms with E-state index >= 15 is 0 Å². The molecule has 0 aliphatic rings. The number of amides is 1. The first kappa shape index (κ1) is 20.0. The summed E-state index contributed by atoms with van der Waals surface area (Å²) in [5, 5.41) is 2.96. The van der Waals surface area contributed by atoms with E-state index in [2.05, 4.69) is 50.4 Å². The van der Waals surface area contributed by atoms with Crippen LogP contribution in [0.25, 0.3) is 0 Å². The maximum Gasteiger partial charge on any atom is 0.260 e. The van der Waals surface area contributed by atoms with Crippen molar-refractivity contribution in [2.24, 2.45) is 0 Å². The van der Waals surface area contributed by atoms with Gasteiger partial charge in [0.15, 0.2) is 6.10 Å². The molecule has 1 amide bonds. The van der Waals surface area contributed by atoms with Crippen LogP contribution in [0.2, 0.25) is 0 Å². The van der Waals surface area contributed by atoms with Crippen molar-refractivity contribution < 1.29 is 9.53 Å². The summed E-state index contributed by atoms with van der Waals surface area (Å²) in [5.74, 6) is 1.22. The predicted octanol–water partition coefficient (Wildman–Crippen LogP) is 4.94. The molecule has 0 heterocycles. The lowest BCUT2D eigenvalue weighted by atomic mass is 10.0. The molecule has 0 radical (unpaired) electrons. The Hall–Kier alpha value is -2.29. The number of hydrogen-bond acceptors (Lipinski definition) is 2. The van der Waals surface area contributed by atoms with E-state index in [4.69, 9.17) is 4.74 Å². The standard InChI is InChI=1S/C23H31NO2/c1-16(2)21-11-9-20(10-12-21)7-6-14-24-23(25)19(5)26-22-13-8-17(3)18(4)15-22/h8-13,15-16,19H,6-7,14H2,1-5H3,(H,24,25). The van der Waals surface area contributed by atoms with E-state index in [0.717, 1.165) is 18.6 Å². The van der Waals surface area contributed by atoms with Gasteiger partial charge in [-0.15, -0.1) is 0 Å². The Morgan fingerprint density at radius 3 is 2.31 bits per heavy atom. The molecule has 0 bridgehead atoms. The van der Waals surface area contributed by atoms with E-state index in [0.29, 0.717) is 12.5 Å².